The SMILES string of the molecule is C[C@H]1[C@H](O)CN1c1nc(-c2ccc3c(c2)S(=N)(=O)CC3)c2c(n1)C(F)(F)CC2. The summed E-state index contributed by atoms with van der Waals surface area (Å²) in [6.45, 7) is 2.10. The summed E-state index contributed by atoms with van der Waals surface area (Å²) in [5.74, 6) is -2.55. The number of aliphatic hydroxyl groups excluding tert-OH is 1. The standard InChI is InChI=1S/C19H20F2N4O2S/c1-10-14(26)9-25(10)18-23-16(13-4-6-19(20,21)17(13)24-18)12-3-2-11-5-7-28(22,27)15(11)8-12/h2-3,8,10,14,22,26H,4-7,9H2,1H3/t10-,14+,28?/m0/s1. The molecule has 9 heteroatoms. The molecule has 28 heavy (non-hydrogen) atoms. The van der Waals surface area contributed by atoms with Gasteiger partial charge in [0, 0.05) is 29.8 Å². The molecule has 0 radical (unpaired) electrons. The minimum atomic E-state index is -3.02. The van der Waals surface area contributed by atoms with Crippen molar-refractivity contribution in [3.63, 3.8) is 0 Å². The predicted molar refractivity (Wildman–Crippen MR) is 100 cm³/mol. The third-order valence-electron chi connectivity index (χ3n) is 6.07. The molecule has 6 nitrogen and oxygen atoms in total. The Balaban J connectivity index is 1.69. The second-order valence-electron chi connectivity index (χ2n) is 7.82. The van der Waals surface area contributed by atoms with Gasteiger partial charge in [-0.3, -0.25) is 0 Å². The Morgan fingerprint density at radius 1 is 1.32 bits per heavy atom. The van der Waals surface area contributed by atoms with Crippen LogP contribution in [-0.4, -0.2) is 43.7 Å². The van der Waals surface area contributed by atoms with Gasteiger partial charge in [-0.1, -0.05) is 12.1 Å². The van der Waals surface area contributed by atoms with Gasteiger partial charge in [0.25, 0.3) is 5.92 Å². The van der Waals surface area contributed by atoms with Gasteiger partial charge >= 0.3 is 0 Å². The number of anilines is 1. The highest BCUT2D eigenvalue weighted by Crippen LogP contribution is 2.45. The Morgan fingerprint density at radius 3 is 2.82 bits per heavy atom. The lowest BCUT2D eigenvalue weighted by atomic mass is 10.0. The highest BCUT2D eigenvalue weighted by Gasteiger charge is 2.45. The number of alkyl halides is 2. The van der Waals surface area contributed by atoms with Crippen LogP contribution in [0.15, 0.2) is 23.1 Å². The molecule has 1 aromatic heterocycles. The molecule has 5 rings (SSSR count). The molecule has 1 fully saturated rings. The molecule has 2 N–H and O–H groups in total. The van der Waals surface area contributed by atoms with Crippen molar-refractivity contribution in [1.29, 1.82) is 4.78 Å². The first kappa shape index (κ1) is 17.9. The van der Waals surface area contributed by atoms with Crippen molar-refractivity contribution in [2.45, 2.75) is 49.2 Å². The number of fused-ring (bicyclic) bond motifs is 2. The Labute approximate surface area is 161 Å². The summed E-state index contributed by atoms with van der Waals surface area (Å²) in [7, 11) is -2.84. The van der Waals surface area contributed by atoms with Crippen LogP contribution in [0, 0.1) is 4.78 Å². The highest BCUT2D eigenvalue weighted by molar-refractivity contribution is 7.92. The largest absolute Gasteiger partial charge is 0.389 e. The van der Waals surface area contributed by atoms with E-state index in [-0.39, 0.29) is 30.5 Å². The van der Waals surface area contributed by atoms with Gasteiger partial charge < -0.3 is 10.0 Å². The number of nitrogens with zero attached hydrogens (tertiary/aromatic N) is 3. The van der Waals surface area contributed by atoms with Crippen molar-refractivity contribution < 1.29 is 18.1 Å². The summed E-state index contributed by atoms with van der Waals surface area (Å²) in [5.41, 5.74) is 2.03. The zero-order chi connectivity index (χ0) is 19.8. The number of rotatable bonds is 2. The number of hydrogen-bond donors (Lipinski definition) is 2. The van der Waals surface area contributed by atoms with Gasteiger partial charge in [-0.25, -0.2) is 19.0 Å². The summed E-state index contributed by atoms with van der Waals surface area (Å²) in [6, 6.07) is 5.06. The maximum Gasteiger partial charge on any atom is 0.290 e. The molecule has 0 amide bonds. The molecule has 0 bridgehead atoms. The van der Waals surface area contributed by atoms with E-state index in [1.807, 2.05) is 6.07 Å². The van der Waals surface area contributed by atoms with Gasteiger partial charge in [-0.05, 0) is 31.4 Å². The number of benzene rings is 1. The fraction of sp³-hybridized carbons (Fsp3) is 0.474. The average Bonchev–Trinajstić information content (AvgIpc) is 3.14. The van der Waals surface area contributed by atoms with E-state index in [1.165, 1.54) is 0 Å². The lowest BCUT2D eigenvalue weighted by Gasteiger charge is -2.43. The number of β-amino-alcohol motifs (C(OH)–C–C–N with tert-alkyl or cyclic N) is 1. The molecular formula is C19H20F2N4O2S. The number of aryl methyl sites for hydroxylation is 1. The number of hydrogen-bond acceptors (Lipinski definition) is 6. The summed E-state index contributed by atoms with van der Waals surface area (Å²) < 4.78 is 49.6. The van der Waals surface area contributed by atoms with Gasteiger partial charge in [-0.15, -0.1) is 0 Å². The molecule has 1 saturated heterocycles. The third-order valence-corrected chi connectivity index (χ3v) is 7.94. The van der Waals surface area contributed by atoms with Gasteiger partial charge in [-0.2, -0.15) is 8.78 Å². The normalized spacial score (nSPS) is 30.1. The molecule has 1 aliphatic carbocycles. The van der Waals surface area contributed by atoms with E-state index in [4.69, 9.17) is 4.78 Å². The van der Waals surface area contributed by atoms with E-state index < -0.39 is 21.8 Å². The van der Waals surface area contributed by atoms with Crippen molar-refractivity contribution in [2.75, 3.05) is 17.2 Å². The van der Waals surface area contributed by atoms with E-state index in [9.17, 15) is 18.1 Å². The molecule has 2 aliphatic heterocycles. The van der Waals surface area contributed by atoms with E-state index in [0.29, 0.717) is 40.4 Å². The number of aromatic nitrogens is 2. The number of aliphatic hydroxyl groups is 1. The second kappa shape index (κ2) is 5.70. The lowest BCUT2D eigenvalue weighted by molar-refractivity contribution is -0.00603. The van der Waals surface area contributed by atoms with E-state index in [2.05, 4.69) is 9.97 Å². The zero-order valence-electron chi connectivity index (χ0n) is 15.3. The van der Waals surface area contributed by atoms with Crippen LogP contribution in [0.1, 0.15) is 30.2 Å². The summed E-state index contributed by atoms with van der Waals surface area (Å²) in [5, 5.41) is 9.80. The summed E-state index contributed by atoms with van der Waals surface area (Å²) in [4.78, 5) is 10.9. The zero-order valence-corrected chi connectivity index (χ0v) is 16.1. The maximum absolute atomic E-state index is 14.5. The van der Waals surface area contributed by atoms with E-state index >= 15 is 0 Å². The Morgan fingerprint density at radius 2 is 2.11 bits per heavy atom. The van der Waals surface area contributed by atoms with Crippen LogP contribution >= 0.6 is 0 Å². The summed E-state index contributed by atoms with van der Waals surface area (Å²) >= 11 is 0. The molecule has 1 aromatic carbocycles. The van der Waals surface area contributed by atoms with E-state index in [0.717, 1.165) is 5.56 Å². The van der Waals surface area contributed by atoms with Crippen LogP contribution in [0.3, 0.4) is 0 Å². The van der Waals surface area contributed by atoms with Crippen LogP contribution in [0.5, 0.6) is 0 Å². The quantitative estimate of drug-likeness (QED) is 0.800. The third kappa shape index (κ3) is 2.49. The fourth-order valence-electron chi connectivity index (χ4n) is 4.21. The van der Waals surface area contributed by atoms with Crippen molar-refractivity contribution in [1.82, 2.24) is 9.97 Å². The molecule has 3 heterocycles. The molecule has 2 aromatic rings. The monoisotopic (exact) mass is 406 g/mol. The molecule has 0 spiro atoms. The van der Waals surface area contributed by atoms with Crippen LogP contribution < -0.4 is 4.90 Å². The summed E-state index contributed by atoms with van der Waals surface area (Å²) in [6.07, 6.45) is -0.0875. The molecule has 0 saturated carbocycles. The first-order chi connectivity index (χ1) is 13.2. The van der Waals surface area contributed by atoms with Gasteiger partial charge in [0.1, 0.15) is 5.69 Å². The van der Waals surface area contributed by atoms with Crippen molar-refractivity contribution >= 4 is 15.7 Å². The molecule has 3 atom stereocenters. The minimum absolute atomic E-state index is 0.170. The molecule has 148 valence electrons. The smallest absolute Gasteiger partial charge is 0.290 e. The van der Waals surface area contributed by atoms with Crippen LogP contribution in [0.4, 0.5) is 14.7 Å². The predicted octanol–water partition coefficient (Wildman–Crippen LogP) is 2.71. The highest BCUT2D eigenvalue weighted by atomic mass is 32.2. The number of halogens is 2. The van der Waals surface area contributed by atoms with Crippen molar-refractivity contribution in [3.8, 4) is 11.3 Å². The number of nitrogens with one attached hydrogen (secondary N) is 1. The van der Waals surface area contributed by atoms with Gasteiger partial charge in [0.05, 0.1) is 32.5 Å². The maximum atomic E-state index is 14.5. The lowest BCUT2D eigenvalue weighted by Crippen LogP contribution is -2.59. The molecule has 3 aliphatic rings. The van der Waals surface area contributed by atoms with Crippen molar-refractivity contribution in [3.05, 3.63) is 35.0 Å². The fourth-order valence-corrected chi connectivity index (χ4v) is 5.85. The minimum Gasteiger partial charge on any atom is -0.389 e. The molecular weight excluding hydrogens is 386 g/mol. The van der Waals surface area contributed by atoms with Gasteiger partial charge in [0.15, 0.2) is 0 Å². The topological polar surface area (TPSA) is 90.2 Å². The van der Waals surface area contributed by atoms with Crippen LogP contribution in [0.2, 0.25) is 0 Å². The van der Waals surface area contributed by atoms with Crippen molar-refractivity contribution in [2.24, 2.45) is 0 Å². The Bertz CT molecular complexity index is 1100. The van der Waals surface area contributed by atoms with E-state index in [1.54, 1.807) is 24.0 Å². The van der Waals surface area contributed by atoms with Crippen LogP contribution in [0.25, 0.3) is 11.3 Å². The molecule has 1 unspecified atom stereocenters. The average molecular weight is 406 g/mol. The van der Waals surface area contributed by atoms with Crippen LogP contribution in [-0.2, 0) is 28.5 Å². The first-order valence-electron chi connectivity index (χ1n) is 9.31. The Hall–Kier alpha value is -2.13. The first-order valence-corrected chi connectivity index (χ1v) is 11.0. The second-order valence-corrected chi connectivity index (χ2v) is 10.0. The Kier molecular flexibility index (Phi) is 3.65. The van der Waals surface area contributed by atoms with Gasteiger partial charge in [0.2, 0.25) is 5.95 Å².